The van der Waals surface area contributed by atoms with Gasteiger partial charge in [0.05, 0.1) is 18.3 Å². The van der Waals surface area contributed by atoms with Crippen LogP contribution in [0.5, 0.6) is 0 Å². The molecule has 0 unspecified atom stereocenters. The molecule has 34 heavy (non-hydrogen) atoms. The number of hydrogen-bond acceptors (Lipinski definition) is 7. The first-order valence-electron chi connectivity index (χ1n) is 12.1. The van der Waals surface area contributed by atoms with E-state index in [0.717, 1.165) is 57.3 Å². The fraction of sp³-hybridized carbons (Fsp3) is 0.480. The number of piperidine rings is 1. The number of aromatic nitrogens is 5. The molecule has 2 N–H and O–H groups in total. The number of carbonyl (C=O) groups is 1. The van der Waals surface area contributed by atoms with Crippen molar-refractivity contribution in [1.82, 2.24) is 30.3 Å². The average molecular weight is 460 g/mol. The van der Waals surface area contributed by atoms with Gasteiger partial charge in [-0.3, -0.25) is 9.89 Å². The van der Waals surface area contributed by atoms with E-state index in [-0.39, 0.29) is 12.0 Å². The number of benzene rings is 1. The minimum Gasteiger partial charge on any atom is -0.372 e. The molecule has 1 spiro atoms. The van der Waals surface area contributed by atoms with Crippen LogP contribution in [-0.2, 0) is 24.2 Å². The Balaban J connectivity index is 0.970. The fourth-order valence-corrected chi connectivity index (χ4v) is 5.65. The molecule has 3 aromatic rings. The molecule has 2 fully saturated rings. The van der Waals surface area contributed by atoms with Crippen LogP contribution in [0.1, 0.15) is 52.9 Å². The van der Waals surface area contributed by atoms with Gasteiger partial charge in [0.15, 0.2) is 0 Å². The lowest BCUT2D eigenvalue weighted by atomic mass is 9.61. The van der Waals surface area contributed by atoms with Crippen LogP contribution in [0.15, 0.2) is 42.9 Å². The van der Waals surface area contributed by atoms with Crippen LogP contribution >= 0.6 is 0 Å². The van der Waals surface area contributed by atoms with Gasteiger partial charge in [0.25, 0.3) is 5.91 Å². The number of carbonyl (C=O) groups excluding carboxylic acids is 1. The summed E-state index contributed by atoms with van der Waals surface area (Å²) in [5.41, 5.74) is 4.47. The summed E-state index contributed by atoms with van der Waals surface area (Å²) in [6, 6.07) is 8.82. The van der Waals surface area contributed by atoms with Crippen LogP contribution in [0.3, 0.4) is 0 Å². The Morgan fingerprint density at radius 3 is 2.47 bits per heavy atom. The number of aromatic amines is 1. The normalized spacial score (nSPS) is 19.7. The first-order chi connectivity index (χ1) is 16.7. The molecule has 9 nitrogen and oxygen atoms in total. The predicted octanol–water partition coefficient (Wildman–Crippen LogP) is 2.78. The minimum absolute atomic E-state index is 0.0211. The molecule has 0 bridgehead atoms. The van der Waals surface area contributed by atoms with Gasteiger partial charge in [-0.05, 0) is 55.1 Å². The quantitative estimate of drug-likeness (QED) is 0.583. The van der Waals surface area contributed by atoms with Crippen molar-refractivity contribution in [3.8, 4) is 0 Å². The molecule has 2 aliphatic carbocycles. The van der Waals surface area contributed by atoms with E-state index in [1.54, 1.807) is 18.6 Å². The molecule has 1 aromatic carbocycles. The van der Waals surface area contributed by atoms with Gasteiger partial charge in [0, 0.05) is 37.7 Å². The Morgan fingerprint density at radius 1 is 1.12 bits per heavy atom. The Bertz CT molecular complexity index is 1110. The number of hydrogen-bond donors (Lipinski definition) is 2. The molecule has 2 aromatic heterocycles. The number of H-pyrrole nitrogens is 1. The zero-order valence-electron chi connectivity index (χ0n) is 19.1. The summed E-state index contributed by atoms with van der Waals surface area (Å²) >= 11 is 0. The first-order valence-corrected chi connectivity index (χ1v) is 12.1. The van der Waals surface area contributed by atoms with E-state index in [1.165, 1.54) is 11.1 Å². The highest BCUT2D eigenvalue weighted by Gasteiger charge is 2.47. The van der Waals surface area contributed by atoms with Crippen LogP contribution in [0.4, 0.5) is 5.95 Å². The highest BCUT2D eigenvalue weighted by atomic mass is 16.5. The van der Waals surface area contributed by atoms with Crippen molar-refractivity contribution in [2.24, 2.45) is 5.41 Å². The molecule has 1 saturated heterocycles. The van der Waals surface area contributed by atoms with E-state index in [1.807, 2.05) is 4.90 Å². The molecule has 3 aliphatic rings. The molecular formula is C25H29N7O2. The number of likely N-dealkylation sites (tertiary alicyclic amines) is 1. The van der Waals surface area contributed by atoms with E-state index in [4.69, 9.17) is 4.74 Å². The van der Waals surface area contributed by atoms with E-state index in [9.17, 15) is 4.79 Å². The summed E-state index contributed by atoms with van der Waals surface area (Å²) < 4.78 is 5.94. The third kappa shape index (κ3) is 4.27. The number of anilines is 1. The molecular weight excluding hydrogens is 430 g/mol. The van der Waals surface area contributed by atoms with E-state index < -0.39 is 0 Å². The molecule has 1 amide bonds. The molecule has 1 aliphatic heterocycles. The second-order valence-corrected chi connectivity index (χ2v) is 9.91. The minimum atomic E-state index is 0.0211. The van der Waals surface area contributed by atoms with Crippen LogP contribution in [0.25, 0.3) is 0 Å². The van der Waals surface area contributed by atoms with Gasteiger partial charge >= 0.3 is 0 Å². The Morgan fingerprint density at radius 2 is 1.82 bits per heavy atom. The SMILES string of the molecule is O=C(c1cnc(NC2Cc3ccccc3C2)nc1)N1CCC2(CC1)CC(OCc1c[nH]nn1)C2. The molecule has 6 rings (SSSR count). The van der Waals surface area contributed by atoms with Gasteiger partial charge in [0.2, 0.25) is 5.95 Å². The fourth-order valence-electron chi connectivity index (χ4n) is 5.65. The predicted molar refractivity (Wildman–Crippen MR) is 125 cm³/mol. The largest absolute Gasteiger partial charge is 0.372 e. The summed E-state index contributed by atoms with van der Waals surface area (Å²) in [7, 11) is 0. The number of fused-ring (bicyclic) bond motifs is 1. The third-order valence-corrected chi connectivity index (χ3v) is 7.65. The zero-order valence-corrected chi connectivity index (χ0v) is 19.1. The lowest BCUT2D eigenvalue weighted by Crippen LogP contribution is -2.51. The molecule has 9 heteroatoms. The molecule has 0 radical (unpaired) electrons. The van der Waals surface area contributed by atoms with Gasteiger partial charge in [-0.25, -0.2) is 9.97 Å². The summed E-state index contributed by atoms with van der Waals surface area (Å²) in [6.45, 7) is 2.05. The smallest absolute Gasteiger partial charge is 0.256 e. The summed E-state index contributed by atoms with van der Waals surface area (Å²) in [4.78, 5) is 23.8. The maximum Gasteiger partial charge on any atom is 0.256 e. The Hall–Kier alpha value is -3.33. The second kappa shape index (κ2) is 8.79. The van der Waals surface area contributed by atoms with Crippen molar-refractivity contribution in [3.05, 3.63) is 65.2 Å². The number of nitrogens with one attached hydrogen (secondary N) is 2. The van der Waals surface area contributed by atoms with Crippen molar-refractivity contribution >= 4 is 11.9 Å². The average Bonchev–Trinajstić information content (AvgIpc) is 3.51. The number of amides is 1. The van der Waals surface area contributed by atoms with E-state index >= 15 is 0 Å². The van der Waals surface area contributed by atoms with Crippen LogP contribution in [0, 0.1) is 5.41 Å². The van der Waals surface area contributed by atoms with Crippen LogP contribution in [0.2, 0.25) is 0 Å². The monoisotopic (exact) mass is 459 g/mol. The Kier molecular flexibility index (Phi) is 5.49. The van der Waals surface area contributed by atoms with Gasteiger partial charge in [0.1, 0.15) is 5.69 Å². The van der Waals surface area contributed by atoms with E-state index in [2.05, 4.69) is 55.0 Å². The molecule has 1 saturated carbocycles. The maximum atomic E-state index is 13.0. The highest BCUT2D eigenvalue weighted by molar-refractivity contribution is 5.93. The van der Waals surface area contributed by atoms with Crippen molar-refractivity contribution in [1.29, 1.82) is 0 Å². The van der Waals surface area contributed by atoms with Crippen LogP contribution in [-0.4, -0.2) is 61.4 Å². The lowest BCUT2D eigenvalue weighted by Gasteiger charge is -2.51. The number of nitrogens with zero attached hydrogens (tertiary/aromatic N) is 5. The first kappa shape index (κ1) is 21.2. The number of rotatable bonds is 6. The summed E-state index contributed by atoms with van der Waals surface area (Å²) in [5.74, 6) is 0.603. The van der Waals surface area contributed by atoms with Crippen LogP contribution < -0.4 is 5.32 Å². The third-order valence-electron chi connectivity index (χ3n) is 7.65. The number of ether oxygens (including phenoxy) is 1. The zero-order chi connectivity index (χ0) is 23.0. The van der Waals surface area contributed by atoms with Gasteiger partial charge in [-0.15, -0.1) is 5.10 Å². The van der Waals surface area contributed by atoms with Gasteiger partial charge in [-0.2, -0.15) is 0 Å². The van der Waals surface area contributed by atoms with Crippen molar-refractivity contribution in [2.75, 3.05) is 18.4 Å². The van der Waals surface area contributed by atoms with E-state index in [0.29, 0.717) is 29.6 Å². The second-order valence-electron chi connectivity index (χ2n) is 9.91. The summed E-state index contributed by atoms with van der Waals surface area (Å²) in [5, 5.41) is 13.8. The Labute approximate surface area is 198 Å². The van der Waals surface area contributed by atoms with Crippen molar-refractivity contribution in [2.45, 2.75) is 57.3 Å². The van der Waals surface area contributed by atoms with Crippen molar-refractivity contribution < 1.29 is 9.53 Å². The lowest BCUT2D eigenvalue weighted by molar-refractivity contribution is -0.108. The topological polar surface area (TPSA) is 109 Å². The molecule has 3 heterocycles. The summed E-state index contributed by atoms with van der Waals surface area (Å²) in [6.07, 6.45) is 11.4. The van der Waals surface area contributed by atoms with Gasteiger partial charge < -0.3 is 15.0 Å². The molecule has 0 atom stereocenters. The highest BCUT2D eigenvalue weighted by Crippen LogP contribution is 2.50. The maximum absolute atomic E-state index is 13.0. The molecule has 176 valence electrons. The van der Waals surface area contributed by atoms with Gasteiger partial charge in [-0.1, -0.05) is 29.5 Å². The standard InChI is InChI=1S/C25H29N7O2/c33-23(19-13-26-24(27-14-19)29-20-9-17-3-1-2-4-18(17)10-20)32-7-5-25(6-8-32)11-22(12-25)34-16-21-15-28-31-30-21/h1-4,13-15,20,22H,5-12,16H2,(H,26,27,29)(H,28,30,31). The van der Waals surface area contributed by atoms with Crippen molar-refractivity contribution in [3.63, 3.8) is 0 Å².